The standard InChI is InChI=1S/C17H13ClFNO3S/c1-22-12-6-4-10(8-13(12)23-2)20-17(21)16-15(18)11-5-3-9(19)7-14(11)24-16/h3-8H,1-2H3,(H,20,21). The van der Waals surface area contributed by atoms with Crippen LogP contribution in [0.25, 0.3) is 10.1 Å². The maximum absolute atomic E-state index is 13.3. The molecular formula is C17H13ClFNO3S. The van der Waals surface area contributed by atoms with E-state index >= 15 is 0 Å². The molecule has 7 heteroatoms. The number of benzene rings is 2. The lowest BCUT2D eigenvalue weighted by Crippen LogP contribution is -2.10. The third-order valence-electron chi connectivity index (χ3n) is 3.44. The number of hydrogen-bond acceptors (Lipinski definition) is 4. The lowest BCUT2D eigenvalue weighted by Gasteiger charge is -2.10. The normalized spacial score (nSPS) is 10.7. The van der Waals surface area contributed by atoms with E-state index in [9.17, 15) is 9.18 Å². The number of carbonyl (C=O) groups excluding carboxylic acids is 1. The number of nitrogens with one attached hydrogen (secondary N) is 1. The van der Waals surface area contributed by atoms with Crippen LogP contribution < -0.4 is 14.8 Å². The molecule has 2 aromatic carbocycles. The minimum absolute atomic E-state index is 0.313. The second kappa shape index (κ2) is 6.67. The topological polar surface area (TPSA) is 47.6 Å². The minimum Gasteiger partial charge on any atom is -0.493 e. The highest BCUT2D eigenvalue weighted by Gasteiger charge is 2.18. The van der Waals surface area contributed by atoms with Gasteiger partial charge in [0.2, 0.25) is 0 Å². The van der Waals surface area contributed by atoms with Crippen molar-refractivity contribution in [3.05, 3.63) is 52.1 Å². The van der Waals surface area contributed by atoms with E-state index in [4.69, 9.17) is 21.1 Å². The molecule has 0 bridgehead atoms. The van der Waals surface area contributed by atoms with Gasteiger partial charge in [-0.1, -0.05) is 11.6 Å². The molecule has 0 radical (unpaired) electrons. The van der Waals surface area contributed by atoms with Gasteiger partial charge in [-0.2, -0.15) is 0 Å². The molecule has 124 valence electrons. The molecule has 0 saturated carbocycles. The number of amides is 1. The third kappa shape index (κ3) is 3.02. The van der Waals surface area contributed by atoms with Gasteiger partial charge in [0.05, 0.1) is 19.2 Å². The Labute approximate surface area is 146 Å². The molecule has 0 unspecified atom stereocenters. The molecule has 0 aliphatic rings. The van der Waals surface area contributed by atoms with Crippen molar-refractivity contribution in [2.75, 3.05) is 19.5 Å². The Kier molecular flexibility index (Phi) is 4.59. The van der Waals surface area contributed by atoms with Crippen LogP contribution in [0.1, 0.15) is 9.67 Å². The zero-order chi connectivity index (χ0) is 17.3. The van der Waals surface area contributed by atoms with Gasteiger partial charge < -0.3 is 14.8 Å². The van der Waals surface area contributed by atoms with Gasteiger partial charge in [0.25, 0.3) is 5.91 Å². The van der Waals surface area contributed by atoms with Gasteiger partial charge in [-0.3, -0.25) is 4.79 Å². The summed E-state index contributed by atoms with van der Waals surface area (Å²) in [6.45, 7) is 0. The summed E-state index contributed by atoms with van der Waals surface area (Å²) < 4.78 is 24.3. The minimum atomic E-state index is -0.368. The highest BCUT2D eigenvalue weighted by Crippen LogP contribution is 2.36. The number of fused-ring (bicyclic) bond motifs is 1. The monoisotopic (exact) mass is 365 g/mol. The first kappa shape index (κ1) is 16.5. The molecule has 0 saturated heterocycles. The van der Waals surface area contributed by atoms with Crippen molar-refractivity contribution in [1.82, 2.24) is 0 Å². The summed E-state index contributed by atoms with van der Waals surface area (Å²) in [5, 5.41) is 3.72. The summed E-state index contributed by atoms with van der Waals surface area (Å²) in [5.74, 6) is 0.326. The predicted octanol–water partition coefficient (Wildman–Crippen LogP) is 4.96. The summed E-state index contributed by atoms with van der Waals surface area (Å²) >= 11 is 7.40. The molecule has 1 amide bonds. The van der Waals surface area contributed by atoms with Gasteiger partial charge in [0.15, 0.2) is 11.5 Å². The van der Waals surface area contributed by atoms with E-state index in [2.05, 4.69) is 5.32 Å². The Hall–Kier alpha value is -2.31. The fourth-order valence-electron chi connectivity index (χ4n) is 2.29. The van der Waals surface area contributed by atoms with Gasteiger partial charge in [-0.15, -0.1) is 11.3 Å². The van der Waals surface area contributed by atoms with Crippen LogP contribution in [0, 0.1) is 5.82 Å². The zero-order valence-corrected chi connectivity index (χ0v) is 14.4. The fraction of sp³-hybridized carbons (Fsp3) is 0.118. The van der Waals surface area contributed by atoms with E-state index in [-0.39, 0.29) is 11.7 Å². The van der Waals surface area contributed by atoms with Crippen LogP contribution in [0.3, 0.4) is 0 Å². The number of methoxy groups -OCH3 is 2. The average Bonchev–Trinajstić information content (AvgIpc) is 2.90. The van der Waals surface area contributed by atoms with Crippen LogP contribution in [-0.2, 0) is 0 Å². The first-order chi connectivity index (χ1) is 11.5. The Balaban J connectivity index is 1.91. The number of hydrogen-bond donors (Lipinski definition) is 1. The molecule has 1 N–H and O–H groups in total. The summed E-state index contributed by atoms with van der Waals surface area (Å²) in [5.41, 5.74) is 0.539. The molecule has 0 aliphatic carbocycles. The summed E-state index contributed by atoms with van der Waals surface area (Å²) in [7, 11) is 3.05. The number of halogens is 2. The molecule has 3 aromatic rings. The largest absolute Gasteiger partial charge is 0.493 e. The second-order valence-electron chi connectivity index (χ2n) is 4.91. The quantitative estimate of drug-likeness (QED) is 0.710. The van der Waals surface area contributed by atoms with Crippen molar-refractivity contribution in [2.24, 2.45) is 0 Å². The summed E-state index contributed by atoms with van der Waals surface area (Å²) in [6, 6.07) is 9.28. The van der Waals surface area contributed by atoms with Crippen molar-refractivity contribution in [3.8, 4) is 11.5 Å². The molecule has 24 heavy (non-hydrogen) atoms. The fourth-order valence-corrected chi connectivity index (χ4v) is 3.72. The van der Waals surface area contributed by atoms with Gasteiger partial charge in [-0.05, 0) is 30.3 Å². The van der Waals surface area contributed by atoms with Crippen molar-refractivity contribution in [1.29, 1.82) is 0 Å². The van der Waals surface area contributed by atoms with E-state index in [1.165, 1.54) is 26.4 Å². The van der Waals surface area contributed by atoms with Crippen molar-refractivity contribution in [3.63, 3.8) is 0 Å². The molecule has 0 fully saturated rings. The third-order valence-corrected chi connectivity index (χ3v) is 5.10. The number of rotatable bonds is 4. The molecule has 1 aromatic heterocycles. The highest BCUT2D eigenvalue weighted by molar-refractivity contribution is 7.21. The lowest BCUT2D eigenvalue weighted by molar-refractivity contribution is 0.103. The molecule has 0 spiro atoms. The van der Waals surface area contributed by atoms with Gasteiger partial charge in [-0.25, -0.2) is 4.39 Å². The van der Waals surface area contributed by atoms with Crippen LogP contribution in [0.15, 0.2) is 36.4 Å². The van der Waals surface area contributed by atoms with E-state index in [1.54, 1.807) is 24.3 Å². The van der Waals surface area contributed by atoms with Crippen LogP contribution in [0.4, 0.5) is 10.1 Å². The van der Waals surface area contributed by atoms with Crippen LogP contribution in [0.2, 0.25) is 5.02 Å². The molecule has 0 aliphatic heterocycles. The van der Waals surface area contributed by atoms with Crippen LogP contribution in [0.5, 0.6) is 11.5 Å². The highest BCUT2D eigenvalue weighted by atomic mass is 35.5. The van der Waals surface area contributed by atoms with E-state index in [1.807, 2.05) is 0 Å². The Morgan fingerprint density at radius 1 is 1.12 bits per heavy atom. The van der Waals surface area contributed by atoms with Gasteiger partial charge >= 0.3 is 0 Å². The Morgan fingerprint density at radius 2 is 1.88 bits per heavy atom. The molecule has 1 heterocycles. The average molecular weight is 366 g/mol. The lowest BCUT2D eigenvalue weighted by atomic mass is 10.2. The molecule has 3 rings (SSSR count). The van der Waals surface area contributed by atoms with Gasteiger partial charge in [0.1, 0.15) is 10.7 Å². The molecule has 4 nitrogen and oxygen atoms in total. The molecular weight excluding hydrogens is 353 g/mol. The first-order valence-corrected chi connectivity index (χ1v) is 8.14. The summed E-state index contributed by atoms with van der Waals surface area (Å²) in [6.07, 6.45) is 0. The smallest absolute Gasteiger partial charge is 0.267 e. The number of anilines is 1. The Morgan fingerprint density at radius 3 is 2.58 bits per heavy atom. The number of thiophene rings is 1. The SMILES string of the molecule is COc1ccc(NC(=O)c2sc3cc(F)ccc3c2Cl)cc1OC. The van der Waals surface area contributed by atoms with E-state index in [0.717, 1.165) is 11.3 Å². The predicted molar refractivity (Wildman–Crippen MR) is 94.3 cm³/mol. The number of ether oxygens (including phenoxy) is 2. The van der Waals surface area contributed by atoms with E-state index < -0.39 is 0 Å². The number of carbonyl (C=O) groups is 1. The zero-order valence-electron chi connectivity index (χ0n) is 12.9. The summed E-state index contributed by atoms with van der Waals surface area (Å²) in [4.78, 5) is 12.8. The Bertz CT molecular complexity index is 926. The maximum Gasteiger partial charge on any atom is 0.267 e. The molecule has 0 atom stereocenters. The van der Waals surface area contributed by atoms with Crippen LogP contribution >= 0.6 is 22.9 Å². The van der Waals surface area contributed by atoms with Crippen molar-refractivity contribution < 1.29 is 18.7 Å². The van der Waals surface area contributed by atoms with E-state index in [0.29, 0.717) is 37.2 Å². The maximum atomic E-state index is 13.3. The first-order valence-electron chi connectivity index (χ1n) is 6.94. The van der Waals surface area contributed by atoms with Crippen molar-refractivity contribution >= 4 is 44.6 Å². The van der Waals surface area contributed by atoms with Crippen LogP contribution in [-0.4, -0.2) is 20.1 Å². The van der Waals surface area contributed by atoms with Gasteiger partial charge in [0, 0.05) is 21.8 Å². The second-order valence-corrected chi connectivity index (χ2v) is 6.34. The van der Waals surface area contributed by atoms with Crippen molar-refractivity contribution in [2.45, 2.75) is 0 Å².